The first-order valence-corrected chi connectivity index (χ1v) is 12.8. The van der Waals surface area contributed by atoms with Gasteiger partial charge in [-0.05, 0) is 60.9 Å². The zero-order valence-corrected chi connectivity index (χ0v) is 20.2. The van der Waals surface area contributed by atoms with Gasteiger partial charge in [-0.15, -0.1) is 0 Å². The van der Waals surface area contributed by atoms with Crippen molar-refractivity contribution in [2.24, 2.45) is 0 Å². The zero-order valence-electron chi connectivity index (χ0n) is 20.2. The van der Waals surface area contributed by atoms with Crippen LogP contribution in [0.2, 0.25) is 0 Å². The van der Waals surface area contributed by atoms with Gasteiger partial charge in [0, 0.05) is 44.5 Å². The van der Waals surface area contributed by atoms with Gasteiger partial charge in [-0.2, -0.15) is 0 Å². The molecule has 0 aliphatic carbocycles. The van der Waals surface area contributed by atoms with E-state index in [0.29, 0.717) is 18.6 Å². The number of rotatable bonds is 6. The Labute approximate surface area is 207 Å². The highest BCUT2D eigenvalue weighted by Gasteiger charge is 2.29. The van der Waals surface area contributed by atoms with E-state index in [1.165, 1.54) is 12.1 Å². The van der Waals surface area contributed by atoms with Gasteiger partial charge in [0.25, 0.3) is 5.91 Å². The fraction of sp³-hybridized carbons (Fsp3) is 0.414. The summed E-state index contributed by atoms with van der Waals surface area (Å²) in [6.45, 7) is 3.76. The second-order valence-electron chi connectivity index (χ2n) is 9.64. The van der Waals surface area contributed by atoms with E-state index in [-0.39, 0.29) is 11.7 Å². The Morgan fingerprint density at radius 3 is 2.57 bits per heavy atom. The van der Waals surface area contributed by atoms with Crippen LogP contribution in [0.3, 0.4) is 0 Å². The molecule has 2 saturated heterocycles. The van der Waals surface area contributed by atoms with Crippen molar-refractivity contribution in [2.75, 3.05) is 26.3 Å². The molecule has 1 atom stereocenters. The van der Waals surface area contributed by atoms with Crippen LogP contribution in [0.15, 0.2) is 72.6 Å². The van der Waals surface area contributed by atoms with E-state index in [2.05, 4.69) is 34.5 Å². The molecule has 3 heterocycles. The first-order valence-electron chi connectivity index (χ1n) is 12.8. The molecule has 2 fully saturated rings. The SMILES string of the molecule is O=C(C1=CCCC=CN1Cc1ccccc1-c1ccc(F)cc1)N1CCC(NC2CCOC2)CC1. The van der Waals surface area contributed by atoms with E-state index in [9.17, 15) is 9.18 Å². The molecule has 35 heavy (non-hydrogen) atoms. The summed E-state index contributed by atoms with van der Waals surface area (Å²) in [6, 6.07) is 15.7. The summed E-state index contributed by atoms with van der Waals surface area (Å²) in [5.74, 6) is -0.133. The molecule has 2 aromatic rings. The van der Waals surface area contributed by atoms with Gasteiger partial charge in [-0.1, -0.05) is 48.6 Å². The van der Waals surface area contributed by atoms with Gasteiger partial charge in [-0.25, -0.2) is 4.39 Å². The average molecular weight is 476 g/mol. The second-order valence-corrected chi connectivity index (χ2v) is 9.64. The van der Waals surface area contributed by atoms with E-state index >= 15 is 0 Å². The number of amides is 1. The van der Waals surface area contributed by atoms with Crippen LogP contribution < -0.4 is 5.32 Å². The fourth-order valence-electron chi connectivity index (χ4n) is 5.23. The van der Waals surface area contributed by atoms with Crippen molar-refractivity contribution in [1.82, 2.24) is 15.1 Å². The van der Waals surface area contributed by atoms with E-state index < -0.39 is 0 Å². The van der Waals surface area contributed by atoms with Crippen molar-refractivity contribution in [3.05, 3.63) is 84.0 Å². The lowest BCUT2D eigenvalue weighted by Crippen LogP contribution is -2.49. The predicted molar refractivity (Wildman–Crippen MR) is 136 cm³/mol. The number of carbonyl (C=O) groups is 1. The molecule has 0 spiro atoms. The Morgan fingerprint density at radius 2 is 1.80 bits per heavy atom. The standard InChI is InChI=1S/C29H34FN3O2/c30-24-11-9-22(10-12-24)27-7-4-3-6-23(27)20-33-16-5-1-2-8-28(33)29(34)32-17-13-25(14-18-32)31-26-15-19-35-21-26/h3-12,16,25-26,31H,1-2,13-15,17-21H2. The molecule has 2 aromatic carbocycles. The summed E-state index contributed by atoms with van der Waals surface area (Å²) in [5.41, 5.74) is 3.88. The molecule has 1 N–H and O–H groups in total. The summed E-state index contributed by atoms with van der Waals surface area (Å²) in [6.07, 6.45) is 11.1. The summed E-state index contributed by atoms with van der Waals surface area (Å²) in [5, 5.41) is 3.71. The molecule has 0 saturated carbocycles. The number of nitrogens with zero attached hydrogens (tertiary/aromatic N) is 2. The maximum atomic E-state index is 13.7. The largest absolute Gasteiger partial charge is 0.380 e. The normalized spacial score (nSPS) is 21.2. The number of hydrogen-bond donors (Lipinski definition) is 1. The lowest BCUT2D eigenvalue weighted by molar-refractivity contribution is -0.129. The highest BCUT2D eigenvalue weighted by atomic mass is 19.1. The van der Waals surface area contributed by atoms with Crippen LogP contribution >= 0.6 is 0 Å². The van der Waals surface area contributed by atoms with Crippen molar-refractivity contribution in [2.45, 2.75) is 50.7 Å². The number of allylic oxidation sites excluding steroid dienone is 2. The number of halogens is 1. The lowest BCUT2D eigenvalue weighted by atomic mass is 9.99. The summed E-state index contributed by atoms with van der Waals surface area (Å²) >= 11 is 0. The van der Waals surface area contributed by atoms with Crippen LogP contribution in [-0.4, -0.2) is 54.1 Å². The molecular formula is C29H34FN3O2. The van der Waals surface area contributed by atoms with Gasteiger partial charge in [-0.3, -0.25) is 4.79 Å². The molecule has 3 aliphatic heterocycles. The summed E-state index contributed by atoms with van der Waals surface area (Å²) in [7, 11) is 0. The van der Waals surface area contributed by atoms with Gasteiger partial charge in [0.2, 0.25) is 0 Å². The van der Waals surface area contributed by atoms with Gasteiger partial charge in [0.15, 0.2) is 0 Å². The molecule has 184 valence electrons. The highest BCUT2D eigenvalue weighted by Crippen LogP contribution is 2.28. The number of ether oxygens (including phenoxy) is 1. The van der Waals surface area contributed by atoms with Crippen LogP contribution in [0.4, 0.5) is 4.39 Å². The van der Waals surface area contributed by atoms with E-state index in [4.69, 9.17) is 4.74 Å². The summed E-state index contributed by atoms with van der Waals surface area (Å²) < 4.78 is 19.0. The molecule has 3 aliphatic rings. The Morgan fingerprint density at radius 1 is 1.00 bits per heavy atom. The minimum atomic E-state index is -0.243. The number of benzene rings is 2. The zero-order chi connectivity index (χ0) is 24.0. The Bertz CT molecular complexity index is 1070. The number of likely N-dealkylation sites (tertiary alicyclic amines) is 1. The number of hydrogen-bond acceptors (Lipinski definition) is 4. The average Bonchev–Trinajstić information content (AvgIpc) is 3.29. The topological polar surface area (TPSA) is 44.8 Å². The van der Waals surface area contributed by atoms with E-state index in [0.717, 1.165) is 80.8 Å². The van der Waals surface area contributed by atoms with Crippen LogP contribution in [0.1, 0.15) is 37.7 Å². The van der Waals surface area contributed by atoms with Crippen LogP contribution in [0, 0.1) is 5.82 Å². The van der Waals surface area contributed by atoms with Crippen molar-refractivity contribution < 1.29 is 13.9 Å². The first-order chi connectivity index (χ1) is 17.2. The minimum Gasteiger partial charge on any atom is -0.380 e. The predicted octanol–water partition coefficient (Wildman–Crippen LogP) is 4.86. The number of piperidine rings is 1. The molecular weight excluding hydrogens is 441 g/mol. The summed E-state index contributed by atoms with van der Waals surface area (Å²) in [4.78, 5) is 17.7. The van der Waals surface area contributed by atoms with Crippen LogP contribution in [-0.2, 0) is 16.1 Å². The van der Waals surface area contributed by atoms with E-state index in [1.807, 2.05) is 35.4 Å². The Kier molecular flexibility index (Phi) is 7.60. The van der Waals surface area contributed by atoms with Gasteiger partial charge in [0.1, 0.15) is 11.5 Å². The third kappa shape index (κ3) is 5.82. The van der Waals surface area contributed by atoms with Crippen molar-refractivity contribution in [3.63, 3.8) is 0 Å². The molecule has 0 radical (unpaired) electrons. The van der Waals surface area contributed by atoms with E-state index in [1.54, 1.807) is 0 Å². The lowest BCUT2D eigenvalue weighted by Gasteiger charge is -2.35. The smallest absolute Gasteiger partial charge is 0.270 e. The maximum Gasteiger partial charge on any atom is 0.270 e. The fourth-order valence-corrected chi connectivity index (χ4v) is 5.23. The first kappa shape index (κ1) is 23.8. The molecule has 5 rings (SSSR count). The molecule has 6 heteroatoms. The van der Waals surface area contributed by atoms with Crippen LogP contribution in [0.25, 0.3) is 11.1 Å². The number of carbonyl (C=O) groups excluding carboxylic acids is 1. The minimum absolute atomic E-state index is 0.110. The van der Waals surface area contributed by atoms with Crippen molar-refractivity contribution >= 4 is 5.91 Å². The van der Waals surface area contributed by atoms with Gasteiger partial charge in [0.05, 0.1) is 6.61 Å². The quantitative estimate of drug-likeness (QED) is 0.649. The van der Waals surface area contributed by atoms with Gasteiger partial charge >= 0.3 is 0 Å². The molecule has 0 aromatic heterocycles. The van der Waals surface area contributed by atoms with Gasteiger partial charge < -0.3 is 19.9 Å². The Hall–Kier alpha value is -2.96. The third-order valence-electron chi connectivity index (χ3n) is 7.18. The van der Waals surface area contributed by atoms with Crippen molar-refractivity contribution in [3.8, 4) is 11.1 Å². The van der Waals surface area contributed by atoms with Crippen molar-refractivity contribution in [1.29, 1.82) is 0 Å². The molecule has 0 bridgehead atoms. The highest BCUT2D eigenvalue weighted by molar-refractivity contribution is 5.93. The molecule has 1 amide bonds. The second kappa shape index (κ2) is 11.2. The monoisotopic (exact) mass is 475 g/mol. The number of nitrogens with one attached hydrogen (secondary N) is 1. The molecule has 1 unspecified atom stereocenters. The molecule has 5 nitrogen and oxygen atoms in total. The Balaban J connectivity index is 1.28. The van der Waals surface area contributed by atoms with Crippen LogP contribution in [0.5, 0.6) is 0 Å². The third-order valence-corrected chi connectivity index (χ3v) is 7.18. The maximum absolute atomic E-state index is 13.7.